The number of ether oxygens (including phenoxy) is 1. The second-order valence-corrected chi connectivity index (χ2v) is 7.99. The molecule has 2 atom stereocenters. The normalized spacial score (nSPS) is 29.3. The van der Waals surface area contributed by atoms with Crippen LogP contribution in [0.25, 0.3) is 0 Å². The Labute approximate surface area is 154 Å². The van der Waals surface area contributed by atoms with Gasteiger partial charge in [-0.25, -0.2) is 0 Å². The highest BCUT2D eigenvalue weighted by molar-refractivity contribution is 5.84. The third-order valence-corrected chi connectivity index (χ3v) is 6.28. The molecule has 2 aliphatic heterocycles. The summed E-state index contributed by atoms with van der Waals surface area (Å²) in [5.74, 6) is 0.473. The Bertz CT molecular complexity index is 685. The minimum atomic E-state index is -0.320. The topological polar surface area (TPSA) is 72.3 Å². The summed E-state index contributed by atoms with van der Waals surface area (Å²) in [6, 6.07) is 0. The van der Waals surface area contributed by atoms with E-state index in [0.29, 0.717) is 19.8 Å². The van der Waals surface area contributed by atoms with Crippen LogP contribution in [0.3, 0.4) is 0 Å². The van der Waals surface area contributed by atoms with Crippen molar-refractivity contribution in [1.29, 1.82) is 0 Å². The maximum absolute atomic E-state index is 13.2. The quantitative estimate of drug-likeness (QED) is 0.802. The third kappa shape index (κ3) is 3.42. The minimum absolute atomic E-state index is 0.211. The van der Waals surface area contributed by atoms with Crippen molar-refractivity contribution >= 4 is 5.91 Å². The van der Waals surface area contributed by atoms with E-state index >= 15 is 0 Å². The summed E-state index contributed by atoms with van der Waals surface area (Å²) in [7, 11) is 1.91. The van der Waals surface area contributed by atoms with Gasteiger partial charge in [-0.05, 0) is 32.1 Å². The zero-order valence-corrected chi connectivity index (χ0v) is 15.6. The number of carbonyl (C=O) groups is 1. The van der Waals surface area contributed by atoms with E-state index in [4.69, 9.17) is 4.74 Å². The number of rotatable bonds is 5. The number of carbonyl (C=O) groups excluding carboxylic acids is 1. The van der Waals surface area contributed by atoms with Crippen molar-refractivity contribution in [1.82, 2.24) is 25.2 Å². The lowest BCUT2D eigenvalue weighted by atomic mass is 9.73. The fourth-order valence-corrected chi connectivity index (χ4v) is 4.66. The van der Waals surface area contributed by atoms with Gasteiger partial charge in [0.1, 0.15) is 0 Å². The van der Waals surface area contributed by atoms with E-state index in [-0.39, 0.29) is 17.2 Å². The molecule has 2 unspecified atom stereocenters. The van der Waals surface area contributed by atoms with Crippen LogP contribution < -0.4 is 5.32 Å². The van der Waals surface area contributed by atoms with Crippen molar-refractivity contribution in [3.8, 4) is 0 Å². The van der Waals surface area contributed by atoms with E-state index in [1.165, 1.54) is 18.4 Å². The largest absolute Gasteiger partial charge is 0.381 e. The van der Waals surface area contributed by atoms with Crippen LogP contribution in [0.1, 0.15) is 37.8 Å². The van der Waals surface area contributed by atoms with Gasteiger partial charge in [-0.15, -0.1) is 5.10 Å². The Morgan fingerprint density at radius 2 is 2.38 bits per heavy atom. The second kappa shape index (κ2) is 7.48. The highest BCUT2D eigenvalue weighted by atomic mass is 16.5. The van der Waals surface area contributed by atoms with Crippen molar-refractivity contribution in [3.63, 3.8) is 0 Å². The van der Waals surface area contributed by atoms with E-state index < -0.39 is 0 Å². The fraction of sp³-hybridized carbons (Fsp3) is 0.737. The van der Waals surface area contributed by atoms with Gasteiger partial charge in [-0.2, -0.15) is 0 Å². The van der Waals surface area contributed by atoms with Gasteiger partial charge < -0.3 is 10.1 Å². The number of likely N-dealkylation sites (tertiary alicyclic amines) is 1. The van der Waals surface area contributed by atoms with Crippen LogP contribution in [0, 0.1) is 11.3 Å². The monoisotopic (exact) mass is 359 g/mol. The summed E-state index contributed by atoms with van der Waals surface area (Å²) in [5, 5.41) is 11.2. The maximum Gasteiger partial charge on any atom is 0.228 e. The number of hydrogen-bond acceptors (Lipinski definition) is 5. The van der Waals surface area contributed by atoms with Gasteiger partial charge in [0.2, 0.25) is 5.91 Å². The van der Waals surface area contributed by atoms with Gasteiger partial charge in [0.25, 0.3) is 0 Å². The minimum Gasteiger partial charge on any atom is -0.381 e. The molecule has 1 amide bonds. The number of fused-ring (bicyclic) bond motifs is 1. The molecule has 1 aliphatic carbocycles. The lowest BCUT2D eigenvalue weighted by Crippen LogP contribution is -2.50. The standard InChI is InChI=1S/C19H29N5O2/c1-23-17(10-21-22-23)12-24-11-16-13-26-8-7-19(16,14-24)18(25)20-9-15-5-3-2-4-6-15/h5,10,16H,2-4,6-9,11-14H2,1H3,(H,20,25). The number of nitrogens with zero attached hydrogens (tertiary/aromatic N) is 4. The lowest BCUT2D eigenvalue weighted by molar-refractivity contribution is -0.139. The Balaban J connectivity index is 1.43. The summed E-state index contributed by atoms with van der Waals surface area (Å²) in [4.78, 5) is 15.6. The Morgan fingerprint density at radius 1 is 1.46 bits per heavy atom. The first-order chi connectivity index (χ1) is 12.7. The molecule has 0 aromatic carbocycles. The van der Waals surface area contributed by atoms with Crippen LogP contribution in [0.2, 0.25) is 0 Å². The summed E-state index contributed by atoms with van der Waals surface area (Å²) >= 11 is 0. The zero-order valence-electron chi connectivity index (χ0n) is 15.6. The number of aryl methyl sites for hydroxylation is 1. The molecule has 142 valence electrons. The van der Waals surface area contributed by atoms with E-state index in [1.54, 1.807) is 10.9 Å². The van der Waals surface area contributed by atoms with Gasteiger partial charge in [0.15, 0.2) is 0 Å². The molecule has 26 heavy (non-hydrogen) atoms. The predicted molar refractivity (Wildman–Crippen MR) is 97.2 cm³/mol. The van der Waals surface area contributed by atoms with Gasteiger partial charge in [0.05, 0.1) is 23.9 Å². The summed E-state index contributed by atoms with van der Waals surface area (Å²) in [6.45, 7) is 4.52. The number of allylic oxidation sites excluding steroid dienone is 1. The molecule has 0 saturated carbocycles. The first-order valence-electron chi connectivity index (χ1n) is 9.77. The van der Waals surface area contributed by atoms with Crippen molar-refractivity contribution < 1.29 is 9.53 Å². The third-order valence-electron chi connectivity index (χ3n) is 6.28. The molecule has 1 aromatic rings. The highest BCUT2D eigenvalue weighted by Crippen LogP contribution is 2.43. The molecule has 0 bridgehead atoms. The summed E-state index contributed by atoms with van der Waals surface area (Å²) < 4.78 is 7.52. The van der Waals surface area contributed by atoms with Crippen LogP contribution in [-0.4, -0.2) is 58.6 Å². The molecule has 3 heterocycles. The van der Waals surface area contributed by atoms with E-state index in [2.05, 4.69) is 26.6 Å². The number of nitrogens with one attached hydrogen (secondary N) is 1. The maximum atomic E-state index is 13.2. The average molecular weight is 359 g/mol. The molecular weight excluding hydrogens is 330 g/mol. The van der Waals surface area contributed by atoms with Crippen molar-refractivity contribution in [2.75, 3.05) is 32.8 Å². The molecule has 3 aliphatic rings. The van der Waals surface area contributed by atoms with Gasteiger partial charge in [-0.3, -0.25) is 14.4 Å². The summed E-state index contributed by atoms with van der Waals surface area (Å²) in [5.41, 5.74) is 2.15. The molecule has 4 rings (SSSR count). The zero-order chi connectivity index (χ0) is 18.0. The van der Waals surface area contributed by atoms with E-state index in [9.17, 15) is 4.79 Å². The smallest absolute Gasteiger partial charge is 0.228 e. The van der Waals surface area contributed by atoms with Crippen LogP contribution in [0.4, 0.5) is 0 Å². The van der Waals surface area contributed by atoms with Crippen LogP contribution in [0.15, 0.2) is 17.8 Å². The molecule has 2 saturated heterocycles. The molecule has 1 aromatic heterocycles. The molecule has 7 heteroatoms. The van der Waals surface area contributed by atoms with Crippen molar-refractivity contribution in [3.05, 3.63) is 23.5 Å². The Morgan fingerprint density at radius 3 is 3.15 bits per heavy atom. The number of hydrogen-bond donors (Lipinski definition) is 1. The van der Waals surface area contributed by atoms with E-state index in [1.807, 2.05) is 7.05 Å². The summed E-state index contributed by atoms with van der Waals surface area (Å²) in [6.07, 6.45) is 9.72. The Kier molecular flexibility index (Phi) is 5.09. The number of amides is 1. The molecule has 0 radical (unpaired) electrons. The fourth-order valence-electron chi connectivity index (χ4n) is 4.66. The SMILES string of the molecule is Cn1nncc1CN1CC2COCCC2(C(=O)NCC2=CCCCC2)C1. The second-order valence-electron chi connectivity index (χ2n) is 7.99. The molecular formula is C19H29N5O2. The number of aromatic nitrogens is 3. The molecule has 1 N–H and O–H groups in total. The van der Waals surface area contributed by atoms with Crippen molar-refractivity contribution in [2.45, 2.75) is 38.6 Å². The highest BCUT2D eigenvalue weighted by Gasteiger charge is 2.53. The molecule has 0 spiro atoms. The lowest BCUT2D eigenvalue weighted by Gasteiger charge is -2.37. The van der Waals surface area contributed by atoms with Gasteiger partial charge in [0, 0.05) is 45.8 Å². The van der Waals surface area contributed by atoms with Crippen LogP contribution >= 0.6 is 0 Å². The first-order valence-corrected chi connectivity index (χ1v) is 9.77. The average Bonchev–Trinajstić information content (AvgIpc) is 3.24. The van der Waals surface area contributed by atoms with E-state index in [0.717, 1.165) is 44.6 Å². The van der Waals surface area contributed by atoms with Gasteiger partial charge >= 0.3 is 0 Å². The molecule has 7 nitrogen and oxygen atoms in total. The van der Waals surface area contributed by atoms with Crippen LogP contribution in [0.5, 0.6) is 0 Å². The Hall–Kier alpha value is -1.73. The van der Waals surface area contributed by atoms with Gasteiger partial charge in [-0.1, -0.05) is 16.9 Å². The molecule has 2 fully saturated rings. The predicted octanol–water partition coefficient (Wildman–Crippen LogP) is 1.27. The van der Waals surface area contributed by atoms with Crippen LogP contribution in [-0.2, 0) is 23.1 Å². The van der Waals surface area contributed by atoms with Crippen molar-refractivity contribution in [2.24, 2.45) is 18.4 Å². The first kappa shape index (κ1) is 17.7.